The first kappa shape index (κ1) is 28.1. The molecule has 0 radical (unpaired) electrons. The van der Waals surface area contributed by atoms with Crippen LogP contribution in [0, 0.1) is 6.92 Å². The van der Waals surface area contributed by atoms with Gasteiger partial charge in [0.05, 0.1) is 13.7 Å². The highest BCUT2D eigenvalue weighted by molar-refractivity contribution is 9.10. The quantitative estimate of drug-likeness (QED) is 0.147. The average Bonchev–Trinajstić information content (AvgIpc) is 3.35. The van der Waals surface area contributed by atoms with Crippen LogP contribution in [-0.2, 0) is 16.1 Å². The fourth-order valence-electron chi connectivity index (χ4n) is 3.86. The summed E-state index contributed by atoms with van der Waals surface area (Å²) >= 11 is 4.71. The van der Waals surface area contributed by atoms with Gasteiger partial charge in [0.1, 0.15) is 17.2 Å². The Balaban J connectivity index is 1.48. The molecular formula is C31H28BrNO5S. The molecular weight excluding hydrogens is 578 g/mol. The van der Waals surface area contributed by atoms with Crippen molar-refractivity contribution >= 4 is 50.2 Å². The Morgan fingerprint density at radius 3 is 2.51 bits per heavy atom. The lowest BCUT2D eigenvalue weighted by Gasteiger charge is -2.12. The molecule has 4 rings (SSSR count). The van der Waals surface area contributed by atoms with Gasteiger partial charge in [0.15, 0.2) is 11.5 Å². The minimum atomic E-state index is -0.484. The molecule has 6 nitrogen and oxygen atoms in total. The van der Waals surface area contributed by atoms with Crippen LogP contribution in [0.2, 0.25) is 0 Å². The van der Waals surface area contributed by atoms with Gasteiger partial charge in [0, 0.05) is 21.5 Å². The number of carbonyl (C=O) groups is 2. The number of anilines is 1. The lowest BCUT2D eigenvalue weighted by atomic mass is 10.0. The Hall–Kier alpha value is -3.88. The number of methoxy groups -OCH3 is 1. The standard InChI is InChI=1S/C31H28BrNO5S/c1-4-37-31(35)29-25(22-11-13-24(32)14-12-22)19-39-30(29)33-28(34)16-10-21-9-15-26(27(17-21)36-3)38-18-23-8-6-5-7-20(23)2/h5-17,19H,4,18H2,1-3H3,(H,33,34)/b16-10+. The summed E-state index contributed by atoms with van der Waals surface area (Å²) in [7, 11) is 1.58. The second-order valence-corrected chi connectivity index (χ2v) is 10.3. The number of hydrogen-bond donors (Lipinski definition) is 1. The number of nitrogens with one attached hydrogen (secondary N) is 1. The minimum Gasteiger partial charge on any atom is -0.493 e. The molecule has 0 fully saturated rings. The van der Waals surface area contributed by atoms with E-state index in [0.29, 0.717) is 34.2 Å². The third kappa shape index (κ3) is 7.16. The molecule has 0 bridgehead atoms. The first-order valence-electron chi connectivity index (χ1n) is 12.3. The van der Waals surface area contributed by atoms with Crippen LogP contribution in [-0.4, -0.2) is 25.6 Å². The number of esters is 1. The van der Waals surface area contributed by atoms with E-state index in [1.165, 1.54) is 17.4 Å². The van der Waals surface area contributed by atoms with Crippen LogP contribution < -0.4 is 14.8 Å². The predicted molar refractivity (Wildman–Crippen MR) is 160 cm³/mol. The molecule has 0 aliphatic carbocycles. The molecule has 3 aromatic carbocycles. The summed E-state index contributed by atoms with van der Waals surface area (Å²) in [5.41, 5.74) is 4.91. The normalized spacial score (nSPS) is 10.9. The van der Waals surface area contributed by atoms with Crippen LogP contribution in [0.5, 0.6) is 11.5 Å². The number of ether oxygens (including phenoxy) is 3. The molecule has 8 heteroatoms. The van der Waals surface area contributed by atoms with Gasteiger partial charge in [-0.3, -0.25) is 4.79 Å². The maximum absolute atomic E-state index is 12.8. The van der Waals surface area contributed by atoms with E-state index in [-0.39, 0.29) is 12.5 Å². The first-order valence-corrected chi connectivity index (χ1v) is 14.0. The van der Waals surface area contributed by atoms with Crippen molar-refractivity contribution in [3.63, 3.8) is 0 Å². The van der Waals surface area contributed by atoms with Gasteiger partial charge in [0.25, 0.3) is 0 Å². The second-order valence-electron chi connectivity index (χ2n) is 8.53. The van der Waals surface area contributed by atoms with Gasteiger partial charge in [-0.15, -0.1) is 11.3 Å². The number of halogens is 1. The average molecular weight is 607 g/mol. The van der Waals surface area contributed by atoms with E-state index in [0.717, 1.165) is 26.7 Å². The molecule has 0 unspecified atom stereocenters. The van der Waals surface area contributed by atoms with Crippen LogP contribution in [0.1, 0.15) is 34.0 Å². The molecule has 1 N–H and O–H groups in total. The van der Waals surface area contributed by atoms with Gasteiger partial charge in [0.2, 0.25) is 5.91 Å². The van der Waals surface area contributed by atoms with Gasteiger partial charge in [-0.1, -0.05) is 58.4 Å². The van der Waals surface area contributed by atoms with E-state index in [9.17, 15) is 9.59 Å². The maximum Gasteiger partial charge on any atom is 0.341 e. The number of carbonyl (C=O) groups excluding carboxylic acids is 2. The number of aryl methyl sites for hydroxylation is 1. The smallest absolute Gasteiger partial charge is 0.341 e. The molecule has 39 heavy (non-hydrogen) atoms. The molecule has 0 atom stereocenters. The SMILES string of the molecule is CCOC(=O)c1c(-c2ccc(Br)cc2)csc1NC(=O)/C=C/c1ccc(OCc2ccccc2C)c(OC)c1. The van der Waals surface area contributed by atoms with Crippen molar-refractivity contribution in [2.24, 2.45) is 0 Å². The maximum atomic E-state index is 12.8. The van der Waals surface area contributed by atoms with Crippen molar-refractivity contribution < 1.29 is 23.8 Å². The van der Waals surface area contributed by atoms with Crippen molar-refractivity contribution in [2.45, 2.75) is 20.5 Å². The molecule has 0 aliphatic heterocycles. The Labute approximate surface area is 240 Å². The van der Waals surface area contributed by atoms with Gasteiger partial charge in [-0.25, -0.2) is 4.79 Å². The topological polar surface area (TPSA) is 73.9 Å². The van der Waals surface area contributed by atoms with E-state index in [4.69, 9.17) is 14.2 Å². The Bertz CT molecular complexity index is 1490. The summed E-state index contributed by atoms with van der Waals surface area (Å²) in [5.74, 6) is 0.319. The Kier molecular flexibility index (Phi) is 9.57. The van der Waals surface area contributed by atoms with E-state index in [1.54, 1.807) is 26.2 Å². The molecule has 0 aliphatic rings. The van der Waals surface area contributed by atoms with E-state index in [1.807, 2.05) is 73.0 Å². The number of amides is 1. The van der Waals surface area contributed by atoms with E-state index >= 15 is 0 Å². The number of benzene rings is 3. The van der Waals surface area contributed by atoms with E-state index in [2.05, 4.69) is 21.2 Å². The molecule has 200 valence electrons. The first-order chi connectivity index (χ1) is 18.9. The molecule has 1 amide bonds. The summed E-state index contributed by atoms with van der Waals surface area (Å²) in [6.07, 6.45) is 3.09. The van der Waals surface area contributed by atoms with Crippen LogP contribution in [0.15, 0.2) is 82.7 Å². The third-order valence-electron chi connectivity index (χ3n) is 5.92. The molecule has 4 aromatic rings. The lowest BCUT2D eigenvalue weighted by Crippen LogP contribution is -2.12. The number of rotatable bonds is 10. The van der Waals surface area contributed by atoms with Gasteiger partial charge in [-0.2, -0.15) is 0 Å². The molecule has 0 saturated heterocycles. The minimum absolute atomic E-state index is 0.230. The van der Waals surface area contributed by atoms with Crippen LogP contribution >= 0.6 is 27.3 Å². The number of hydrogen-bond acceptors (Lipinski definition) is 6. The lowest BCUT2D eigenvalue weighted by molar-refractivity contribution is -0.111. The summed E-state index contributed by atoms with van der Waals surface area (Å²) < 4.78 is 17.7. The van der Waals surface area contributed by atoms with Crippen molar-refractivity contribution in [1.29, 1.82) is 0 Å². The van der Waals surface area contributed by atoms with Gasteiger partial charge < -0.3 is 19.5 Å². The zero-order valence-electron chi connectivity index (χ0n) is 21.8. The number of thiophene rings is 1. The van der Waals surface area contributed by atoms with Crippen LogP contribution in [0.3, 0.4) is 0 Å². The van der Waals surface area contributed by atoms with Crippen molar-refractivity contribution in [3.8, 4) is 22.6 Å². The monoisotopic (exact) mass is 605 g/mol. The fraction of sp³-hybridized carbons (Fsp3) is 0.161. The van der Waals surface area contributed by atoms with Gasteiger partial charge in [-0.05, 0) is 66.4 Å². The molecule has 1 aromatic heterocycles. The molecule has 1 heterocycles. The zero-order valence-corrected chi connectivity index (χ0v) is 24.2. The highest BCUT2D eigenvalue weighted by Gasteiger charge is 2.22. The summed E-state index contributed by atoms with van der Waals surface area (Å²) in [6, 6.07) is 21.1. The largest absolute Gasteiger partial charge is 0.493 e. The summed E-state index contributed by atoms with van der Waals surface area (Å²) in [6.45, 7) is 4.45. The van der Waals surface area contributed by atoms with Crippen LogP contribution in [0.4, 0.5) is 5.00 Å². The second kappa shape index (κ2) is 13.3. The van der Waals surface area contributed by atoms with Gasteiger partial charge >= 0.3 is 5.97 Å². The Morgan fingerprint density at radius 1 is 1.03 bits per heavy atom. The van der Waals surface area contributed by atoms with Crippen molar-refractivity contribution in [2.75, 3.05) is 19.0 Å². The molecule has 0 spiro atoms. The highest BCUT2D eigenvalue weighted by Crippen LogP contribution is 2.37. The zero-order chi connectivity index (χ0) is 27.8. The summed E-state index contributed by atoms with van der Waals surface area (Å²) in [5, 5.41) is 5.10. The molecule has 0 saturated carbocycles. The van der Waals surface area contributed by atoms with Crippen molar-refractivity contribution in [1.82, 2.24) is 0 Å². The fourth-order valence-corrected chi connectivity index (χ4v) is 5.08. The van der Waals surface area contributed by atoms with Crippen LogP contribution in [0.25, 0.3) is 17.2 Å². The predicted octanol–water partition coefficient (Wildman–Crippen LogP) is 7.90. The highest BCUT2D eigenvalue weighted by atomic mass is 79.9. The van der Waals surface area contributed by atoms with E-state index < -0.39 is 5.97 Å². The summed E-state index contributed by atoms with van der Waals surface area (Å²) in [4.78, 5) is 25.6. The third-order valence-corrected chi connectivity index (χ3v) is 7.35. The van der Waals surface area contributed by atoms with Crippen molar-refractivity contribution in [3.05, 3.63) is 105 Å². The Morgan fingerprint density at radius 2 is 1.79 bits per heavy atom.